The molecule has 5 nitrogen and oxygen atoms in total. The molecule has 3 atom stereocenters. The van der Waals surface area contributed by atoms with Gasteiger partial charge in [0.2, 0.25) is 0 Å². The summed E-state index contributed by atoms with van der Waals surface area (Å²) in [6.07, 6.45) is 2.64. The second-order valence-corrected chi connectivity index (χ2v) is 15.2. The van der Waals surface area contributed by atoms with Crippen LogP contribution in [0.3, 0.4) is 0 Å². The van der Waals surface area contributed by atoms with E-state index in [-0.39, 0.29) is 5.25 Å². The van der Waals surface area contributed by atoms with Crippen LogP contribution in [0.15, 0.2) is 24.5 Å². The summed E-state index contributed by atoms with van der Waals surface area (Å²) in [7, 11) is -2.34. The van der Waals surface area contributed by atoms with Crippen molar-refractivity contribution in [2.45, 2.75) is 63.9 Å². The SMILES string of the molecule is CC(C[C@@H](C)c1ccc2ncn(COCC[Si](C)(C)C)c2c1)S(N)=O. The van der Waals surface area contributed by atoms with Crippen LogP contribution >= 0.6 is 0 Å². The molecule has 0 aliphatic rings. The highest BCUT2D eigenvalue weighted by Crippen LogP contribution is 2.25. The minimum Gasteiger partial charge on any atom is -0.361 e. The van der Waals surface area contributed by atoms with E-state index in [1.54, 1.807) is 0 Å². The Morgan fingerprint density at radius 3 is 2.68 bits per heavy atom. The zero-order chi connectivity index (χ0) is 18.6. The highest BCUT2D eigenvalue weighted by molar-refractivity contribution is 7.83. The number of benzene rings is 1. The van der Waals surface area contributed by atoms with Crippen LogP contribution in [0.5, 0.6) is 0 Å². The molecule has 1 aromatic carbocycles. The van der Waals surface area contributed by atoms with Crippen molar-refractivity contribution in [3.05, 3.63) is 30.1 Å². The van der Waals surface area contributed by atoms with Gasteiger partial charge in [-0.1, -0.05) is 32.6 Å². The second kappa shape index (κ2) is 8.57. The molecule has 7 heteroatoms. The van der Waals surface area contributed by atoms with E-state index < -0.39 is 19.1 Å². The molecule has 0 saturated heterocycles. The van der Waals surface area contributed by atoms with Crippen LogP contribution in [0, 0.1) is 0 Å². The van der Waals surface area contributed by atoms with Crippen molar-refractivity contribution < 1.29 is 8.95 Å². The number of imidazole rings is 1. The van der Waals surface area contributed by atoms with Crippen molar-refractivity contribution in [1.82, 2.24) is 9.55 Å². The Kier molecular flexibility index (Phi) is 6.96. The van der Waals surface area contributed by atoms with E-state index >= 15 is 0 Å². The predicted octanol–water partition coefficient (Wildman–Crippen LogP) is 3.85. The first-order valence-electron chi connectivity index (χ1n) is 8.85. The molecule has 2 unspecified atom stereocenters. The molecule has 0 fully saturated rings. The molecule has 0 aliphatic heterocycles. The fraction of sp³-hybridized carbons (Fsp3) is 0.611. The van der Waals surface area contributed by atoms with Gasteiger partial charge in [-0.15, -0.1) is 0 Å². The van der Waals surface area contributed by atoms with Gasteiger partial charge in [0.25, 0.3) is 0 Å². The lowest BCUT2D eigenvalue weighted by Crippen LogP contribution is -2.22. The summed E-state index contributed by atoms with van der Waals surface area (Å²) >= 11 is 0. The van der Waals surface area contributed by atoms with Gasteiger partial charge in [0.1, 0.15) is 6.73 Å². The lowest BCUT2D eigenvalue weighted by molar-refractivity contribution is 0.0898. The van der Waals surface area contributed by atoms with Crippen LogP contribution < -0.4 is 5.14 Å². The molecule has 0 aliphatic carbocycles. The minimum absolute atomic E-state index is 0.0134. The first-order valence-corrected chi connectivity index (χ1v) is 13.8. The van der Waals surface area contributed by atoms with Gasteiger partial charge in [-0.3, -0.25) is 5.14 Å². The number of hydrogen-bond donors (Lipinski definition) is 1. The smallest absolute Gasteiger partial charge is 0.124 e. The molecule has 0 amide bonds. The predicted molar refractivity (Wildman–Crippen MR) is 109 cm³/mol. The van der Waals surface area contributed by atoms with Gasteiger partial charge in [-0.05, 0) is 43.0 Å². The van der Waals surface area contributed by atoms with Gasteiger partial charge >= 0.3 is 0 Å². The van der Waals surface area contributed by atoms with E-state index in [1.165, 1.54) is 5.56 Å². The van der Waals surface area contributed by atoms with Crippen molar-refractivity contribution in [2.24, 2.45) is 5.14 Å². The fourth-order valence-electron chi connectivity index (χ4n) is 2.75. The van der Waals surface area contributed by atoms with E-state index in [0.717, 1.165) is 30.1 Å². The van der Waals surface area contributed by atoms with Gasteiger partial charge < -0.3 is 9.30 Å². The number of rotatable bonds is 9. The normalized spacial score (nSPS) is 16.1. The summed E-state index contributed by atoms with van der Waals surface area (Å²) in [5, 5.41) is 5.49. The largest absolute Gasteiger partial charge is 0.361 e. The van der Waals surface area contributed by atoms with E-state index in [2.05, 4.69) is 48.2 Å². The maximum atomic E-state index is 11.4. The van der Waals surface area contributed by atoms with Gasteiger partial charge in [0.15, 0.2) is 0 Å². The summed E-state index contributed by atoms with van der Waals surface area (Å²) in [6.45, 7) is 12.5. The first kappa shape index (κ1) is 20.3. The fourth-order valence-corrected chi connectivity index (χ4v) is 3.99. The van der Waals surface area contributed by atoms with E-state index in [1.807, 2.05) is 19.3 Å². The maximum absolute atomic E-state index is 11.4. The van der Waals surface area contributed by atoms with Crippen molar-refractivity contribution >= 4 is 30.1 Å². The van der Waals surface area contributed by atoms with Gasteiger partial charge in [-0.2, -0.15) is 0 Å². The first-order chi connectivity index (χ1) is 11.7. The molecular weight excluding hydrogens is 350 g/mol. The molecule has 0 spiro atoms. The summed E-state index contributed by atoms with van der Waals surface area (Å²) in [5.41, 5.74) is 3.27. The minimum atomic E-state index is -1.28. The third-order valence-electron chi connectivity index (χ3n) is 4.52. The lowest BCUT2D eigenvalue weighted by atomic mass is 9.96. The Morgan fingerprint density at radius 2 is 2.04 bits per heavy atom. The lowest BCUT2D eigenvalue weighted by Gasteiger charge is -2.17. The van der Waals surface area contributed by atoms with Crippen molar-refractivity contribution in [3.8, 4) is 0 Å². The highest BCUT2D eigenvalue weighted by Gasteiger charge is 2.16. The van der Waals surface area contributed by atoms with Gasteiger partial charge in [-0.25, -0.2) is 9.19 Å². The average molecular weight is 382 g/mol. The molecule has 0 bridgehead atoms. The Morgan fingerprint density at radius 1 is 1.32 bits per heavy atom. The molecule has 140 valence electrons. The zero-order valence-corrected chi connectivity index (χ0v) is 17.8. The number of fused-ring (bicyclic) bond motifs is 1. The molecule has 0 saturated carbocycles. The monoisotopic (exact) mass is 381 g/mol. The molecule has 0 radical (unpaired) electrons. The third-order valence-corrected chi connectivity index (χ3v) is 7.21. The number of aromatic nitrogens is 2. The summed E-state index contributed by atoms with van der Waals surface area (Å²) in [6, 6.07) is 7.48. The summed E-state index contributed by atoms with van der Waals surface area (Å²) < 4.78 is 19.3. The van der Waals surface area contributed by atoms with Crippen molar-refractivity contribution in [2.75, 3.05) is 6.61 Å². The Bertz CT molecular complexity index is 727. The summed E-state index contributed by atoms with van der Waals surface area (Å²) in [5.74, 6) is 0.294. The number of ether oxygens (including phenoxy) is 1. The highest BCUT2D eigenvalue weighted by atomic mass is 32.2. The summed E-state index contributed by atoms with van der Waals surface area (Å²) in [4.78, 5) is 4.46. The quantitative estimate of drug-likeness (QED) is 0.530. The van der Waals surface area contributed by atoms with Crippen LogP contribution in [-0.4, -0.2) is 33.7 Å². The third kappa shape index (κ3) is 6.02. The second-order valence-electron chi connectivity index (χ2n) is 8.09. The maximum Gasteiger partial charge on any atom is 0.124 e. The number of nitrogens with zero attached hydrogens (tertiary/aromatic N) is 2. The molecule has 1 heterocycles. The van der Waals surface area contributed by atoms with Crippen LogP contribution in [-0.2, 0) is 22.5 Å². The molecule has 25 heavy (non-hydrogen) atoms. The van der Waals surface area contributed by atoms with Gasteiger partial charge in [0.05, 0.1) is 28.3 Å². The topological polar surface area (TPSA) is 70.1 Å². The van der Waals surface area contributed by atoms with E-state index in [0.29, 0.717) is 12.6 Å². The van der Waals surface area contributed by atoms with Crippen LogP contribution in [0.2, 0.25) is 25.7 Å². The van der Waals surface area contributed by atoms with E-state index in [9.17, 15) is 4.21 Å². The Hall–Kier alpha value is -1.02. The van der Waals surface area contributed by atoms with Gasteiger partial charge in [0, 0.05) is 19.9 Å². The van der Waals surface area contributed by atoms with Crippen LogP contribution in [0.25, 0.3) is 11.0 Å². The van der Waals surface area contributed by atoms with Crippen molar-refractivity contribution in [1.29, 1.82) is 0 Å². The number of nitrogens with two attached hydrogens (primary N) is 1. The molecule has 1 aromatic heterocycles. The molecule has 2 N–H and O–H groups in total. The standard InChI is InChI=1S/C18H31N3O2SSi/c1-14(10-15(2)24(19)22)16-6-7-17-18(11-16)21(12-20-17)13-23-8-9-25(3,4)5/h6-7,11-12,14-15H,8-10,13,19H2,1-5H3/t14-,15?,24?/m1/s1. The van der Waals surface area contributed by atoms with Crippen LogP contribution in [0.1, 0.15) is 31.7 Å². The van der Waals surface area contributed by atoms with Crippen molar-refractivity contribution in [3.63, 3.8) is 0 Å². The van der Waals surface area contributed by atoms with E-state index in [4.69, 9.17) is 9.88 Å². The molecular formula is C18H31N3O2SSi. The average Bonchev–Trinajstić information content (AvgIpc) is 2.92. The molecule has 2 aromatic rings. The Labute approximate surface area is 154 Å². The molecule has 2 rings (SSSR count). The number of hydrogen-bond acceptors (Lipinski definition) is 3. The van der Waals surface area contributed by atoms with Crippen LogP contribution in [0.4, 0.5) is 0 Å². The Balaban J connectivity index is 2.06. The zero-order valence-electron chi connectivity index (χ0n) is 16.0.